The molecule has 1 aromatic carbocycles. The van der Waals surface area contributed by atoms with Gasteiger partial charge in [-0.3, -0.25) is 0 Å². The van der Waals surface area contributed by atoms with E-state index in [1.165, 1.54) is 6.07 Å². The molecule has 48 valence electrons. The summed E-state index contributed by atoms with van der Waals surface area (Å²) in [6.45, 7) is 0. The summed E-state index contributed by atoms with van der Waals surface area (Å²) in [4.78, 5) is 0. The molecule has 0 spiro atoms. The number of hydrogen-bond acceptors (Lipinski definition) is 0. The Morgan fingerprint density at radius 1 is 1.44 bits per heavy atom. The zero-order valence-corrected chi connectivity index (χ0v) is 7.28. The zero-order chi connectivity index (χ0) is 6.85. The van der Waals surface area contributed by atoms with Crippen molar-refractivity contribution in [1.29, 1.82) is 0 Å². The topological polar surface area (TPSA) is 0 Å². The van der Waals surface area contributed by atoms with E-state index in [0.29, 0.717) is 8.59 Å². The first kappa shape index (κ1) is 7.28. The highest BCUT2D eigenvalue weighted by Crippen LogP contribution is 2.15. The highest BCUT2D eigenvalue weighted by atomic mass is 127. The standard InChI is InChI=1S/C6H3ClFI/c7-4-1-2-6(9)5(8)3-4/h1-3H. The van der Waals surface area contributed by atoms with Crippen LogP contribution in [0.1, 0.15) is 0 Å². The Morgan fingerprint density at radius 2 is 2.11 bits per heavy atom. The molecule has 0 bridgehead atoms. The van der Waals surface area contributed by atoms with Gasteiger partial charge in [-0.1, -0.05) is 11.6 Å². The van der Waals surface area contributed by atoms with E-state index in [2.05, 4.69) is 0 Å². The summed E-state index contributed by atoms with van der Waals surface area (Å²) in [5, 5.41) is 0.438. The lowest BCUT2D eigenvalue weighted by Gasteiger charge is -1.91. The van der Waals surface area contributed by atoms with Gasteiger partial charge in [0.25, 0.3) is 0 Å². The van der Waals surface area contributed by atoms with Crippen molar-refractivity contribution in [1.82, 2.24) is 0 Å². The molecule has 0 heterocycles. The van der Waals surface area contributed by atoms with Crippen LogP contribution in [0.3, 0.4) is 0 Å². The van der Waals surface area contributed by atoms with Crippen molar-refractivity contribution in [3.8, 4) is 0 Å². The molecule has 0 aliphatic carbocycles. The molecule has 9 heavy (non-hydrogen) atoms. The normalized spacial score (nSPS) is 9.67. The molecule has 0 unspecified atom stereocenters. The predicted octanol–water partition coefficient (Wildman–Crippen LogP) is 3.08. The lowest BCUT2D eigenvalue weighted by molar-refractivity contribution is 0.620. The monoisotopic (exact) mass is 256 g/mol. The van der Waals surface area contributed by atoms with Crippen molar-refractivity contribution in [2.75, 3.05) is 0 Å². The van der Waals surface area contributed by atoms with Gasteiger partial charge in [0, 0.05) is 8.59 Å². The molecular formula is C6H3ClFI. The Bertz CT molecular complexity index is 224. The Morgan fingerprint density at radius 3 is 2.56 bits per heavy atom. The zero-order valence-electron chi connectivity index (χ0n) is 4.37. The SMILES string of the molecule is Fc1cc(Cl)ccc1I. The smallest absolute Gasteiger partial charge is 0.137 e. The van der Waals surface area contributed by atoms with E-state index in [4.69, 9.17) is 11.6 Å². The van der Waals surface area contributed by atoms with E-state index in [9.17, 15) is 4.39 Å². The summed E-state index contributed by atoms with van der Waals surface area (Å²) < 4.78 is 13.1. The Balaban J connectivity index is 3.17. The fourth-order valence-electron chi connectivity index (χ4n) is 0.470. The van der Waals surface area contributed by atoms with Crippen molar-refractivity contribution in [3.05, 3.63) is 32.6 Å². The van der Waals surface area contributed by atoms with E-state index in [-0.39, 0.29) is 5.82 Å². The third-order valence-corrected chi connectivity index (χ3v) is 1.99. The number of hydrogen-bond donors (Lipinski definition) is 0. The maximum atomic E-state index is 12.5. The Labute approximate surface area is 71.2 Å². The van der Waals surface area contributed by atoms with Crippen LogP contribution in [0.15, 0.2) is 18.2 Å². The van der Waals surface area contributed by atoms with Crippen LogP contribution in [0.25, 0.3) is 0 Å². The molecule has 0 fully saturated rings. The van der Waals surface area contributed by atoms with Crippen molar-refractivity contribution in [2.45, 2.75) is 0 Å². The molecule has 0 amide bonds. The van der Waals surface area contributed by atoms with Crippen molar-refractivity contribution in [3.63, 3.8) is 0 Å². The van der Waals surface area contributed by atoms with Gasteiger partial charge in [-0.15, -0.1) is 0 Å². The molecule has 0 saturated carbocycles. The Kier molecular flexibility index (Phi) is 2.29. The summed E-state index contributed by atoms with van der Waals surface area (Å²) in [6, 6.07) is 4.59. The summed E-state index contributed by atoms with van der Waals surface area (Å²) in [7, 11) is 0. The molecule has 1 rings (SSSR count). The summed E-state index contributed by atoms with van der Waals surface area (Å²) in [5.74, 6) is -0.261. The number of benzene rings is 1. The third kappa shape index (κ3) is 1.79. The molecule has 0 atom stereocenters. The van der Waals surface area contributed by atoms with E-state index in [1.54, 1.807) is 12.1 Å². The van der Waals surface area contributed by atoms with Crippen molar-refractivity contribution >= 4 is 34.2 Å². The molecule has 0 nitrogen and oxygen atoms in total. The molecule has 3 heteroatoms. The second kappa shape index (κ2) is 2.84. The quantitative estimate of drug-likeness (QED) is 0.494. The van der Waals surface area contributed by atoms with Crippen molar-refractivity contribution in [2.24, 2.45) is 0 Å². The minimum Gasteiger partial charge on any atom is -0.206 e. The van der Waals surface area contributed by atoms with Crippen molar-refractivity contribution < 1.29 is 4.39 Å². The maximum absolute atomic E-state index is 12.5. The van der Waals surface area contributed by atoms with E-state index in [0.717, 1.165) is 0 Å². The molecule has 1 aromatic rings. The highest BCUT2D eigenvalue weighted by Gasteiger charge is 1.96. The minimum absolute atomic E-state index is 0.261. The summed E-state index contributed by atoms with van der Waals surface area (Å²) in [6.07, 6.45) is 0. The largest absolute Gasteiger partial charge is 0.206 e. The minimum atomic E-state index is -0.261. The molecule has 0 aliphatic rings. The second-order valence-electron chi connectivity index (χ2n) is 1.56. The van der Waals surface area contributed by atoms with E-state index < -0.39 is 0 Å². The third-order valence-electron chi connectivity index (χ3n) is 0.882. The first-order valence-electron chi connectivity index (χ1n) is 2.30. The average molecular weight is 256 g/mol. The molecule has 0 aliphatic heterocycles. The fraction of sp³-hybridized carbons (Fsp3) is 0. The summed E-state index contributed by atoms with van der Waals surface area (Å²) in [5.41, 5.74) is 0. The van der Waals surface area contributed by atoms with Crippen LogP contribution in [0.5, 0.6) is 0 Å². The number of rotatable bonds is 0. The van der Waals surface area contributed by atoms with Crippen LogP contribution < -0.4 is 0 Å². The van der Waals surface area contributed by atoms with Gasteiger partial charge >= 0.3 is 0 Å². The van der Waals surface area contributed by atoms with Crippen LogP contribution in [0, 0.1) is 9.39 Å². The molecular weight excluding hydrogens is 253 g/mol. The van der Waals surface area contributed by atoms with E-state index >= 15 is 0 Å². The van der Waals surface area contributed by atoms with E-state index in [1.807, 2.05) is 22.6 Å². The molecule has 0 N–H and O–H groups in total. The predicted molar refractivity (Wildman–Crippen MR) is 44.1 cm³/mol. The van der Waals surface area contributed by atoms with Gasteiger partial charge in [-0.05, 0) is 40.8 Å². The van der Waals surface area contributed by atoms with Gasteiger partial charge in [-0.25, -0.2) is 4.39 Å². The van der Waals surface area contributed by atoms with Gasteiger partial charge in [0.1, 0.15) is 5.82 Å². The van der Waals surface area contributed by atoms with Crippen LogP contribution >= 0.6 is 34.2 Å². The van der Waals surface area contributed by atoms with Crippen LogP contribution in [-0.4, -0.2) is 0 Å². The van der Waals surface area contributed by atoms with Gasteiger partial charge in [-0.2, -0.15) is 0 Å². The average Bonchev–Trinajstić information content (AvgIpc) is 1.80. The van der Waals surface area contributed by atoms with Crippen LogP contribution in [-0.2, 0) is 0 Å². The van der Waals surface area contributed by atoms with Gasteiger partial charge in [0.05, 0.1) is 0 Å². The fourth-order valence-corrected chi connectivity index (χ4v) is 0.965. The van der Waals surface area contributed by atoms with Gasteiger partial charge in [0.2, 0.25) is 0 Å². The lowest BCUT2D eigenvalue weighted by Crippen LogP contribution is -1.77. The summed E-state index contributed by atoms with van der Waals surface area (Å²) >= 11 is 7.38. The second-order valence-corrected chi connectivity index (χ2v) is 3.16. The maximum Gasteiger partial charge on any atom is 0.137 e. The molecule has 0 aromatic heterocycles. The molecule has 0 radical (unpaired) electrons. The lowest BCUT2D eigenvalue weighted by atomic mass is 10.4. The highest BCUT2D eigenvalue weighted by molar-refractivity contribution is 14.1. The first-order chi connectivity index (χ1) is 4.20. The van der Waals surface area contributed by atoms with Crippen LogP contribution in [0.4, 0.5) is 4.39 Å². The molecule has 0 saturated heterocycles. The number of halogens is 3. The van der Waals surface area contributed by atoms with Gasteiger partial charge < -0.3 is 0 Å². The Hall–Kier alpha value is 0.170. The van der Waals surface area contributed by atoms with Gasteiger partial charge in [0.15, 0.2) is 0 Å². The first-order valence-corrected chi connectivity index (χ1v) is 3.76. The van der Waals surface area contributed by atoms with Crippen LogP contribution in [0.2, 0.25) is 5.02 Å².